The van der Waals surface area contributed by atoms with E-state index in [1.807, 2.05) is 40.1 Å². The smallest absolute Gasteiger partial charge is 0.378 e. The van der Waals surface area contributed by atoms with Crippen molar-refractivity contribution in [2.24, 2.45) is 0 Å². The van der Waals surface area contributed by atoms with Crippen molar-refractivity contribution in [1.29, 1.82) is 0 Å². The molecule has 93 heavy (non-hydrogen) atoms. The first-order chi connectivity index (χ1) is 44.8. The summed E-state index contributed by atoms with van der Waals surface area (Å²) < 4.78 is 154. The molecule has 0 radical (unpaired) electrons. The molecule has 0 amide bonds. The van der Waals surface area contributed by atoms with Gasteiger partial charge in [-0.2, -0.15) is 39.5 Å². The minimum atomic E-state index is -4.63. The maximum absolute atomic E-state index is 14.7. The molecule has 1 atom stereocenters. The number of nitrogens with zero attached hydrogens (tertiary/aromatic N) is 7. The normalized spacial score (nSPS) is 20.7. The van der Waals surface area contributed by atoms with Gasteiger partial charge in [-0.25, -0.2) is 15.0 Å². The van der Waals surface area contributed by atoms with Gasteiger partial charge in [-0.1, -0.05) is 78.9 Å². The number of piperidine rings is 3. The minimum Gasteiger partial charge on any atom is -0.378 e. The van der Waals surface area contributed by atoms with E-state index in [1.54, 1.807) is 4.90 Å². The molecular weight excluding hydrogens is 1220 g/mol. The standard InChI is InChI=1S/C70H83F9N10O4/c71-68(72,73)56-36-59(44-91-47-65(14-20-80-21-15-65)53-6-2-1-3-7-53)83-62(39-56)87-29-27-86(28-30-87)42-50-9-11-54(12-10-50)66(16-22-81-23-17-66)48-92-46-61-38-58(70(77,78)79)41-64(85-61)89-26-13-52(43-89)51-5-4-8-55(35-51)67(18-24-82-25-19-67)49-93-45-60-37-57(69(74,75)76)40-63(84-60)88-31-33-90-34-32-88/h1-12,35-41,52,80-82H,13-34,42-49H2. The number of anilines is 3. The zero-order chi connectivity index (χ0) is 64.7. The van der Waals surface area contributed by atoms with Crippen LogP contribution in [0.5, 0.6) is 0 Å². The molecule has 23 heteroatoms. The number of piperazine rings is 1. The number of benzene rings is 3. The summed E-state index contributed by atoms with van der Waals surface area (Å²) in [6.45, 7) is 10.7. The van der Waals surface area contributed by atoms with Crippen LogP contribution in [0.4, 0.5) is 57.0 Å². The number of nitrogens with one attached hydrogen (secondary N) is 3. The van der Waals surface area contributed by atoms with E-state index in [9.17, 15) is 39.5 Å². The lowest BCUT2D eigenvalue weighted by Gasteiger charge is -2.38. The molecule has 6 aliphatic rings. The van der Waals surface area contributed by atoms with Crippen LogP contribution in [0.3, 0.4) is 0 Å². The van der Waals surface area contributed by atoms with E-state index in [0.29, 0.717) is 85.1 Å². The van der Waals surface area contributed by atoms with Crippen LogP contribution in [-0.4, -0.2) is 145 Å². The largest absolute Gasteiger partial charge is 0.416 e. The summed E-state index contributed by atoms with van der Waals surface area (Å²) in [5.74, 6) is 0.760. The second-order valence-electron chi connectivity index (χ2n) is 26.2. The van der Waals surface area contributed by atoms with Crippen LogP contribution in [0.2, 0.25) is 0 Å². The van der Waals surface area contributed by atoms with Gasteiger partial charge in [0.1, 0.15) is 17.5 Å². The molecule has 6 aliphatic heterocycles. The summed E-state index contributed by atoms with van der Waals surface area (Å²) in [5.41, 5.74) is 2.66. The minimum absolute atomic E-state index is 0.00976. The SMILES string of the molecule is FC(F)(F)c1cc(COCC2(c3cccc(C4CCN(c5cc(C(F)(F)F)cc(COCC6(c7ccc(CN8CCN(c9cc(C(F)(F)F)cc(COCC%10(c%11ccccc%11)CCNCC%10)n9)CC8)cc7)CCNCC6)n5)C4)c3)CCNCC2)nc(N2CCOCC2)c1. The average Bonchev–Trinajstić information content (AvgIpc) is 1.81. The van der Waals surface area contributed by atoms with Crippen molar-refractivity contribution < 1.29 is 58.5 Å². The molecule has 6 aromatic rings. The first-order valence-electron chi connectivity index (χ1n) is 32.7. The fraction of sp³-hybridized carbons (Fsp3) is 0.529. The van der Waals surface area contributed by atoms with Crippen LogP contribution in [0.25, 0.3) is 0 Å². The highest BCUT2D eigenvalue weighted by molar-refractivity contribution is 5.48. The summed E-state index contributed by atoms with van der Waals surface area (Å²) in [6.07, 6.45) is -8.35. The maximum Gasteiger partial charge on any atom is 0.416 e. The van der Waals surface area contributed by atoms with E-state index in [-0.39, 0.29) is 78.9 Å². The van der Waals surface area contributed by atoms with E-state index in [0.717, 1.165) is 136 Å². The molecule has 0 spiro atoms. The van der Waals surface area contributed by atoms with Gasteiger partial charge in [0.25, 0.3) is 0 Å². The lowest BCUT2D eigenvalue weighted by Crippen LogP contribution is -2.46. The molecule has 3 aromatic carbocycles. The van der Waals surface area contributed by atoms with Gasteiger partial charge in [0.15, 0.2) is 0 Å². The predicted octanol–water partition coefficient (Wildman–Crippen LogP) is 11.6. The molecule has 9 heterocycles. The monoisotopic (exact) mass is 1300 g/mol. The Hall–Kier alpha value is -6.44. The van der Waals surface area contributed by atoms with Gasteiger partial charge in [-0.15, -0.1) is 0 Å². The van der Waals surface area contributed by atoms with Gasteiger partial charge in [-0.05, 0) is 148 Å². The van der Waals surface area contributed by atoms with Crippen molar-refractivity contribution in [3.63, 3.8) is 0 Å². The topological polar surface area (TPSA) is 125 Å². The van der Waals surface area contributed by atoms with E-state index in [1.165, 1.54) is 5.56 Å². The quantitative estimate of drug-likeness (QED) is 0.0592. The van der Waals surface area contributed by atoms with Crippen LogP contribution < -0.4 is 30.7 Å². The second kappa shape index (κ2) is 28.9. The Morgan fingerprint density at radius 1 is 0.441 bits per heavy atom. The van der Waals surface area contributed by atoms with Gasteiger partial charge in [-0.3, -0.25) is 4.90 Å². The highest BCUT2D eigenvalue weighted by atomic mass is 19.4. The Balaban J connectivity index is 0.661. The number of pyridine rings is 3. The Kier molecular flexibility index (Phi) is 20.7. The first kappa shape index (κ1) is 66.6. The lowest BCUT2D eigenvalue weighted by atomic mass is 9.73. The molecule has 0 aliphatic carbocycles. The summed E-state index contributed by atoms with van der Waals surface area (Å²) >= 11 is 0. The summed E-state index contributed by atoms with van der Waals surface area (Å²) in [6, 6.07) is 33.5. The number of alkyl halides is 9. The number of aromatic nitrogens is 3. The Morgan fingerprint density at radius 2 is 0.860 bits per heavy atom. The van der Waals surface area contributed by atoms with Crippen LogP contribution in [-0.2, 0) is 80.1 Å². The average molecular weight is 1300 g/mol. The molecule has 3 N–H and O–H groups in total. The molecule has 6 fully saturated rings. The van der Waals surface area contributed by atoms with Crippen molar-refractivity contribution in [3.8, 4) is 0 Å². The maximum atomic E-state index is 14.7. The van der Waals surface area contributed by atoms with Crippen molar-refractivity contribution in [3.05, 3.63) is 177 Å². The molecule has 1 unspecified atom stereocenters. The number of hydrogen-bond donors (Lipinski definition) is 3. The third kappa shape index (κ3) is 16.3. The summed E-state index contributed by atoms with van der Waals surface area (Å²) in [7, 11) is 0. The van der Waals surface area contributed by atoms with E-state index >= 15 is 0 Å². The Bertz CT molecular complexity index is 3420. The second-order valence-corrected chi connectivity index (χ2v) is 26.2. The van der Waals surface area contributed by atoms with Crippen molar-refractivity contribution in [2.75, 3.05) is 139 Å². The van der Waals surface area contributed by atoms with E-state index in [4.69, 9.17) is 28.9 Å². The molecule has 0 saturated carbocycles. The van der Waals surface area contributed by atoms with Gasteiger partial charge in [0.05, 0.1) is 86.6 Å². The van der Waals surface area contributed by atoms with Gasteiger partial charge >= 0.3 is 18.5 Å². The van der Waals surface area contributed by atoms with Gasteiger partial charge in [0.2, 0.25) is 0 Å². The fourth-order valence-corrected chi connectivity index (χ4v) is 14.5. The molecule has 14 nitrogen and oxygen atoms in total. The lowest BCUT2D eigenvalue weighted by molar-refractivity contribution is -0.138. The van der Waals surface area contributed by atoms with Crippen LogP contribution >= 0.6 is 0 Å². The first-order valence-corrected chi connectivity index (χ1v) is 32.7. The summed E-state index contributed by atoms with van der Waals surface area (Å²) in [5, 5.41) is 10.3. The zero-order valence-electron chi connectivity index (χ0n) is 52.4. The number of halogens is 9. The summed E-state index contributed by atoms with van der Waals surface area (Å²) in [4.78, 5) is 22.0. The van der Waals surface area contributed by atoms with Crippen molar-refractivity contribution in [2.45, 2.75) is 112 Å². The Labute approximate surface area is 537 Å². The number of rotatable bonds is 21. The third-order valence-electron chi connectivity index (χ3n) is 20.0. The van der Waals surface area contributed by atoms with Gasteiger partial charge in [0, 0.05) is 81.1 Å². The predicted molar refractivity (Wildman–Crippen MR) is 337 cm³/mol. The Morgan fingerprint density at radius 3 is 1.32 bits per heavy atom. The van der Waals surface area contributed by atoms with Crippen LogP contribution in [0, 0.1) is 0 Å². The molecule has 6 saturated heterocycles. The molecule has 3 aromatic heterocycles. The van der Waals surface area contributed by atoms with Crippen molar-refractivity contribution >= 4 is 17.5 Å². The zero-order valence-corrected chi connectivity index (χ0v) is 52.4. The highest BCUT2D eigenvalue weighted by Crippen LogP contribution is 2.42. The molecule has 0 bridgehead atoms. The van der Waals surface area contributed by atoms with E-state index in [2.05, 4.69) is 74.4 Å². The molecular formula is C70H83F9N10O4. The molecule has 12 rings (SSSR count). The number of hydrogen-bond acceptors (Lipinski definition) is 14. The van der Waals surface area contributed by atoms with E-state index < -0.39 is 46.0 Å². The van der Waals surface area contributed by atoms with Crippen LogP contribution in [0.1, 0.15) is 112 Å². The van der Waals surface area contributed by atoms with Crippen molar-refractivity contribution in [1.82, 2.24) is 35.8 Å². The fourth-order valence-electron chi connectivity index (χ4n) is 14.5. The number of morpholine rings is 1. The number of ether oxygens (including phenoxy) is 4. The third-order valence-corrected chi connectivity index (χ3v) is 20.0. The highest BCUT2D eigenvalue weighted by Gasteiger charge is 2.41. The molecule has 500 valence electrons. The van der Waals surface area contributed by atoms with Crippen LogP contribution in [0.15, 0.2) is 115 Å². The van der Waals surface area contributed by atoms with Gasteiger partial charge < -0.3 is 49.6 Å².